The van der Waals surface area contributed by atoms with Crippen molar-refractivity contribution in [2.24, 2.45) is 0 Å². The molecule has 144 valence electrons. The van der Waals surface area contributed by atoms with E-state index < -0.39 is 0 Å². The highest BCUT2D eigenvalue weighted by atomic mass is 35.5. The van der Waals surface area contributed by atoms with Crippen molar-refractivity contribution in [3.8, 4) is 5.69 Å². The number of anilines is 1. The first-order valence-corrected chi connectivity index (χ1v) is 9.87. The number of amides is 1. The minimum Gasteiger partial charge on any atom is -0.367 e. The van der Waals surface area contributed by atoms with Gasteiger partial charge in [-0.1, -0.05) is 24.4 Å². The highest BCUT2D eigenvalue weighted by molar-refractivity contribution is 6.30. The average molecular weight is 396 g/mol. The van der Waals surface area contributed by atoms with E-state index in [-0.39, 0.29) is 5.91 Å². The maximum atomic E-state index is 12.7. The topological polar surface area (TPSA) is 71.8 Å². The van der Waals surface area contributed by atoms with E-state index in [4.69, 9.17) is 11.6 Å². The molecule has 7 heteroatoms. The number of benzene rings is 1. The van der Waals surface area contributed by atoms with Gasteiger partial charge in [0.05, 0.1) is 23.5 Å². The maximum absolute atomic E-state index is 12.7. The smallest absolute Gasteiger partial charge is 0.255 e. The van der Waals surface area contributed by atoms with Gasteiger partial charge in [0.1, 0.15) is 5.82 Å². The van der Waals surface area contributed by atoms with Crippen molar-refractivity contribution >= 4 is 23.3 Å². The lowest BCUT2D eigenvalue weighted by Crippen LogP contribution is -2.26. The molecule has 2 aromatic heterocycles. The third kappa shape index (κ3) is 4.34. The Hall–Kier alpha value is -2.86. The molecule has 28 heavy (non-hydrogen) atoms. The van der Waals surface area contributed by atoms with Crippen molar-refractivity contribution in [3.05, 3.63) is 71.1 Å². The first-order chi connectivity index (χ1) is 13.7. The van der Waals surface area contributed by atoms with Crippen molar-refractivity contribution in [3.63, 3.8) is 0 Å². The molecule has 0 atom stereocenters. The van der Waals surface area contributed by atoms with Gasteiger partial charge in [-0.05, 0) is 55.3 Å². The van der Waals surface area contributed by atoms with Gasteiger partial charge in [0.25, 0.3) is 5.91 Å². The van der Waals surface area contributed by atoms with E-state index in [2.05, 4.69) is 20.7 Å². The van der Waals surface area contributed by atoms with Gasteiger partial charge in [-0.15, -0.1) is 0 Å². The molecule has 0 unspecified atom stereocenters. The SMILES string of the molecule is O=C(NCc1ccn(-c2ccc(Cl)cc2)n1)c1cccnc1NC1CCCC1. The molecular formula is C21H22ClN5O. The number of carbonyl (C=O) groups is 1. The first kappa shape index (κ1) is 18.5. The molecule has 0 aliphatic heterocycles. The molecule has 2 heterocycles. The molecular weight excluding hydrogens is 374 g/mol. The summed E-state index contributed by atoms with van der Waals surface area (Å²) in [5, 5.41) is 11.5. The van der Waals surface area contributed by atoms with Gasteiger partial charge in [-0.2, -0.15) is 5.10 Å². The lowest BCUT2D eigenvalue weighted by Gasteiger charge is -2.15. The largest absolute Gasteiger partial charge is 0.367 e. The van der Waals surface area contributed by atoms with E-state index in [0.717, 1.165) is 24.2 Å². The Morgan fingerprint density at radius 3 is 2.71 bits per heavy atom. The van der Waals surface area contributed by atoms with Crippen LogP contribution in [0.5, 0.6) is 0 Å². The maximum Gasteiger partial charge on any atom is 0.255 e. The van der Waals surface area contributed by atoms with Gasteiger partial charge in [0, 0.05) is 23.5 Å². The summed E-state index contributed by atoms with van der Waals surface area (Å²) < 4.78 is 1.76. The predicted molar refractivity (Wildman–Crippen MR) is 110 cm³/mol. The zero-order chi connectivity index (χ0) is 19.3. The molecule has 1 saturated carbocycles. The highest BCUT2D eigenvalue weighted by Crippen LogP contribution is 2.23. The summed E-state index contributed by atoms with van der Waals surface area (Å²) >= 11 is 5.93. The molecule has 1 fully saturated rings. The Bertz CT molecular complexity index is 947. The Kier molecular flexibility index (Phi) is 5.58. The second kappa shape index (κ2) is 8.44. The van der Waals surface area contributed by atoms with E-state index >= 15 is 0 Å². The van der Waals surface area contributed by atoms with Crippen LogP contribution in [0.1, 0.15) is 41.7 Å². The van der Waals surface area contributed by atoms with E-state index in [1.54, 1.807) is 23.0 Å². The van der Waals surface area contributed by atoms with Gasteiger partial charge >= 0.3 is 0 Å². The van der Waals surface area contributed by atoms with E-state index in [1.165, 1.54) is 12.8 Å². The minimum absolute atomic E-state index is 0.158. The molecule has 0 spiro atoms. The summed E-state index contributed by atoms with van der Waals surface area (Å²) in [7, 11) is 0. The van der Waals surface area contributed by atoms with Crippen LogP contribution >= 0.6 is 11.6 Å². The zero-order valence-electron chi connectivity index (χ0n) is 15.4. The van der Waals surface area contributed by atoms with Gasteiger partial charge < -0.3 is 10.6 Å². The first-order valence-electron chi connectivity index (χ1n) is 9.49. The van der Waals surface area contributed by atoms with E-state index in [1.807, 2.05) is 36.5 Å². The number of halogens is 1. The van der Waals surface area contributed by atoms with Crippen LogP contribution in [0, 0.1) is 0 Å². The lowest BCUT2D eigenvalue weighted by molar-refractivity contribution is 0.0951. The summed E-state index contributed by atoms with van der Waals surface area (Å²) in [6.45, 7) is 0.344. The standard InChI is InChI=1S/C21H22ClN5O/c22-15-7-9-18(10-8-15)27-13-11-17(26-27)14-24-21(28)19-6-3-12-23-20(19)25-16-4-1-2-5-16/h3,6-13,16H,1-2,4-5,14H2,(H,23,25)(H,24,28). The van der Waals surface area contributed by atoms with Crippen molar-refractivity contribution in [1.29, 1.82) is 0 Å². The number of carbonyl (C=O) groups excluding carboxylic acids is 1. The number of nitrogens with zero attached hydrogens (tertiary/aromatic N) is 3. The minimum atomic E-state index is -0.158. The summed E-state index contributed by atoms with van der Waals surface area (Å²) in [6, 6.07) is 13.3. The molecule has 3 aromatic rings. The molecule has 4 rings (SSSR count). The summed E-state index contributed by atoms with van der Waals surface area (Å²) in [4.78, 5) is 17.1. The van der Waals surface area contributed by atoms with Crippen LogP contribution in [0.2, 0.25) is 5.02 Å². The Morgan fingerprint density at radius 1 is 1.14 bits per heavy atom. The second-order valence-corrected chi connectivity index (χ2v) is 7.37. The highest BCUT2D eigenvalue weighted by Gasteiger charge is 2.19. The summed E-state index contributed by atoms with van der Waals surface area (Å²) in [5.74, 6) is 0.494. The number of pyridine rings is 1. The lowest BCUT2D eigenvalue weighted by atomic mass is 10.2. The normalized spacial score (nSPS) is 14.2. The van der Waals surface area contributed by atoms with Crippen molar-refractivity contribution < 1.29 is 4.79 Å². The fourth-order valence-corrected chi connectivity index (χ4v) is 3.55. The van der Waals surface area contributed by atoms with Crippen molar-refractivity contribution in [1.82, 2.24) is 20.1 Å². The van der Waals surface area contributed by atoms with E-state index in [9.17, 15) is 4.79 Å². The number of hydrogen-bond donors (Lipinski definition) is 2. The fourth-order valence-electron chi connectivity index (χ4n) is 3.43. The van der Waals surface area contributed by atoms with Crippen molar-refractivity contribution in [2.45, 2.75) is 38.3 Å². The number of nitrogens with one attached hydrogen (secondary N) is 2. The zero-order valence-corrected chi connectivity index (χ0v) is 16.2. The summed E-state index contributed by atoms with van der Waals surface area (Å²) in [6.07, 6.45) is 8.27. The van der Waals surface area contributed by atoms with Crippen LogP contribution in [0.4, 0.5) is 5.82 Å². The van der Waals surface area contributed by atoms with Gasteiger partial charge in [0.15, 0.2) is 0 Å². The molecule has 1 aliphatic rings. The molecule has 1 amide bonds. The summed E-state index contributed by atoms with van der Waals surface area (Å²) in [5.41, 5.74) is 2.25. The second-order valence-electron chi connectivity index (χ2n) is 6.94. The number of hydrogen-bond acceptors (Lipinski definition) is 4. The van der Waals surface area contributed by atoms with Crippen LogP contribution in [0.15, 0.2) is 54.9 Å². The van der Waals surface area contributed by atoms with Crippen LogP contribution in [-0.2, 0) is 6.54 Å². The Labute approximate surface area is 168 Å². The predicted octanol–water partition coefficient (Wildman–Crippen LogP) is 4.21. The Morgan fingerprint density at radius 2 is 1.93 bits per heavy atom. The van der Waals surface area contributed by atoms with Crippen LogP contribution in [0.3, 0.4) is 0 Å². The average Bonchev–Trinajstić information content (AvgIpc) is 3.39. The van der Waals surface area contributed by atoms with Crippen molar-refractivity contribution in [2.75, 3.05) is 5.32 Å². The number of aromatic nitrogens is 3. The molecule has 0 radical (unpaired) electrons. The quantitative estimate of drug-likeness (QED) is 0.656. The molecule has 0 bridgehead atoms. The monoisotopic (exact) mass is 395 g/mol. The third-order valence-electron chi connectivity index (χ3n) is 4.91. The fraction of sp³-hybridized carbons (Fsp3) is 0.286. The van der Waals surface area contributed by atoms with Crippen LogP contribution in [0.25, 0.3) is 5.69 Å². The third-order valence-corrected chi connectivity index (χ3v) is 5.17. The molecule has 0 saturated heterocycles. The van der Waals surface area contributed by atoms with E-state index in [0.29, 0.717) is 29.0 Å². The van der Waals surface area contributed by atoms with Crippen LogP contribution in [-0.4, -0.2) is 26.7 Å². The molecule has 6 nitrogen and oxygen atoms in total. The molecule has 2 N–H and O–H groups in total. The molecule has 1 aromatic carbocycles. The van der Waals surface area contributed by atoms with Gasteiger partial charge in [-0.25, -0.2) is 9.67 Å². The number of rotatable bonds is 6. The molecule has 1 aliphatic carbocycles. The van der Waals surface area contributed by atoms with Gasteiger partial charge in [0.2, 0.25) is 0 Å². The Balaban J connectivity index is 1.40. The van der Waals surface area contributed by atoms with Gasteiger partial charge in [-0.3, -0.25) is 4.79 Å². The van der Waals surface area contributed by atoms with Crippen LogP contribution < -0.4 is 10.6 Å².